The molecule has 1 aliphatic carbocycles. The van der Waals surface area contributed by atoms with E-state index in [9.17, 15) is 9.90 Å². The van der Waals surface area contributed by atoms with Crippen LogP contribution in [0.4, 0.5) is 5.88 Å². The van der Waals surface area contributed by atoms with Gasteiger partial charge in [-0.15, -0.1) is 0 Å². The topological polar surface area (TPSA) is 84.6 Å². The van der Waals surface area contributed by atoms with Gasteiger partial charge in [0.05, 0.1) is 18.4 Å². The molecule has 2 N–H and O–H groups in total. The zero-order chi connectivity index (χ0) is 21.7. The van der Waals surface area contributed by atoms with Gasteiger partial charge in [-0.05, 0) is 54.7 Å². The fraction of sp³-hybridized carbons (Fsp3) is 0.250. The number of carbonyl (C=O) groups is 1. The van der Waals surface area contributed by atoms with Gasteiger partial charge in [0.25, 0.3) is 0 Å². The number of phenols is 1. The molecule has 3 aromatic rings. The van der Waals surface area contributed by atoms with Crippen molar-refractivity contribution in [3.8, 4) is 11.5 Å². The first kappa shape index (κ1) is 19.7. The van der Waals surface area contributed by atoms with Gasteiger partial charge in [0, 0.05) is 28.6 Å². The average Bonchev–Trinajstić information content (AvgIpc) is 3.13. The molecule has 6 nitrogen and oxygen atoms in total. The van der Waals surface area contributed by atoms with E-state index in [-0.39, 0.29) is 23.4 Å². The number of benzene rings is 2. The van der Waals surface area contributed by atoms with Crippen LogP contribution in [0.5, 0.6) is 11.5 Å². The molecule has 5 rings (SSSR count). The second-order valence-corrected chi connectivity index (χ2v) is 8.41. The fourth-order valence-corrected chi connectivity index (χ4v) is 4.77. The SMILES string of the molecule is COc1cc([C@@H]2CC(=O)C3=C(C2)Nc2onc(C)c2[C@H]3c2ccc(Cl)cc2)ccc1O. The summed E-state index contributed by atoms with van der Waals surface area (Å²) in [7, 11) is 1.51. The molecule has 2 aliphatic rings. The maximum atomic E-state index is 13.5. The first-order valence-electron chi connectivity index (χ1n) is 10.1. The molecule has 0 fully saturated rings. The summed E-state index contributed by atoms with van der Waals surface area (Å²) in [5, 5.41) is 18.0. The number of fused-ring (bicyclic) bond motifs is 1. The molecule has 0 saturated carbocycles. The highest BCUT2D eigenvalue weighted by atomic mass is 35.5. The highest BCUT2D eigenvalue weighted by Crippen LogP contribution is 2.49. The molecule has 2 heterocycles. The van der Waals surface area contributed by atoms with Crippen molar-refractivity contribution < 1.29 is 19.2 Å². The Hall–Kier alpha value is -3.25. The number of carbonyl (C=O) groups excluding carboxylic acids is 1. The molecule has 31 heavy (non-hydrogen) atoms. The van der Waals surface area contributed by atoms with E-state index in [1.807, 2.05) is 37.3 Å². The number of rotatable bonds is 3. The number of halogens is 1. The van der Waals surface area contributed by atoms with Crippen LogP contribution in [0.25, 0.3) is 0 Å². The quantitative estimate of drug-likeness (QED) is 0.578. The van der Waals surface area contributed by atoms with Crippen molar-refractivity contribution in [2.75, 3.05) is 12.4 Å². The average molecular weight is 437 g/mol. The van der Waals surface area contributed by atoms with E-state index in [0.29, 0.717) is 29.5 Å². The van der Waals surface area contributed by atoms with Gasteiger partial charge in [-0.2, -0.15) is 0 Å². The fourth-order valence-electron chi connectivity index (χ4n) is 4.64. The minimum atomic E-state index is -0.252. The molecular weight excluding hydrogens is 416 g/mol. The molecule has 0 amide bonds. The lowest BCUT2D eigenvalue weighted by molar-refractivity contribution is -0.116. The number of methoxy groups -OCH3 is 1. The zero-order valence-electron chi connectivity index (χ0n) is 17.1. The van der Waals surface area contributed by atoms with Crippen molar-refractivity contribution >= 4 is 23.3 Å². The Morgan fingerprint density at radius 1 is 1.16 bits per heavy atom. The van der Waals surface area contributed by atoms with Crippen molar-refractivity contribution in [2.24, 2.45) is 0 Å². The summed E-state index contributed by atoms with van der Waals surface area (Å²) in [6, 6.07) is 12.8. The van der Waals surface area contributed by atoms with Crippen LogP contribution in [-0.2, 0) is 4.79 Å². The summed E-state index contributed by atoms with van der Waals surface area (Å²) in [4.78, 5) is 13.5. The molecule has 1 aromatic heterocycles. The number of allylic oxidation sites excluding steroid dienone is 2. The lowest BCUT2D eigenvalue weighted by Gasteiger charge is -2.34. The van der Waals surface area contributed by atoms with E-state index >= 15 is 0 Å². The molecule has 2 atom stereocenters. The highest BCUT2D eigenvalue weighted by molar-refractivity contribution is 6.30. The van der Waals surface area contributed by atoms with Crippen LogP contribution in [0, 0.1) is 6.92 Å². The van der Waals surface area contributed by atoms with E-state index in [4.69, 9.17) is 20.9 Å². The Kier molecular flexibility index (Phi) is 4.74. The third-order valence-electron chi connectivity index (χ3n) is 6.14. The lowest BCUT2D eigenvalue weighted by Crippen LogP contribution is -2.29. The summed E-state index contributed by atoms with van der Waals surface area (Å²) in [5.41, 5.74) is 5.16. The molecule has 7 heteroatoms. The van der Waals surface area contributed by atoms with E-state index in [0.717, 1.165) is 33.7 Å². The van der Waals surface area contributed by atoms with Gasteiger partial charge in [0.1, 0.15) is 0 Å². The van der Waals surface area contributed by atoms with E-state index < -0.39 is 0 Å². The van der Waals surface area contributed by atoms with Crippen LogP contribution in [0.1, 0.15) is 47.1 Å². The highest BCUT2D eigenvalue weighted by Gasteiger charge is 2.41. The molecule has 1 aliphatic heterocycles. The van der Waals surface area contributed by atoms with Crippen molar-refractivity contribution in [1.29, 1.82) is 0 Å². The minimum absolute atomic E-state index is 0.0373. The van der Waals surface area contributed by atoms with Crippen LogP contribution in [0.3, 0.4) is 0 Å². The van der Waals surface area contributed by atoms with Crippen LogP contribution >= 0.6 is 11.6 Å². The number of anilines is 1. The molecule has 0 radical (unpaired) electrons. The summed E-state index contributed by atoms with van der Waals surface area (Å²) < 4.78 is 10.8. The number of Topliss-reactive ketones (excluding diaryl/α,β-unsaturated/α-hetero) is 1. The Bertz CT molecular complexity index is 1210. The van der Waals surface area contributed by atoms with Gasteiger partial charge in [0.15, 0.2) is 17.3 Å². The van der Waals surface area contributed by atoms with Crippen LogP contribution in [0.2, 0.25) is 5.02 Å². The second-order valence-electron chi connectivity index (χ2n) is 7.97. The third kappa shape index (κ3) is 3.27. The number of ketones is 1. The molecule has 0 saturated heterocycles. The Morgan fingerprint density at radius 3 is 2.65 bits per heavy atom. The van der Waals surface area contributed by atoms with Crippen molar-refractivity contribution in [1.82, 2.24) is 5.16 Å². The number of aryl methyl sites for hydroxylation is 1. The number of hydrogen-bond donors (Lipinski definition) is 2. The summed E-state index contributed by atoms with van der Waals surface area (Å²) in [6.07, 6.45) is 1.01. The molecule has 0 bridgehead atoms. The number of aromatic nitrogens is 1. The first-order chi connectivity index (χ1) is 15.0. The van der Waals surface area contributed by atoms with Gasteiger partial charge in [0.2, 0.25) is 5.88 Å². The lowest BCUT2D eigenvalue weighted by atomic mass is 9.72. The predicted octanol–water partition coefficient (Wildman–Crippen LogP) is 5.31. The molecule has 2 aromatic carbocycles. The van der Waals surface area contributed by atoms with Crippen molar-refractivity contribution in [3.05, 3.63) is 81.1 Å². The zero-order valence-corrected chi connectivity index (χ0v) is 17.9. The van der Waals surface area contributed by atoms with Gasteiger partial charge in [-0.3, -0.25) is 4.79 Å². The van der Waals surface area contributed by atoms with Crippen molar-refractivity contribution in [3.63, 3.8) is 0 Å². The van der Waals surface area contributed by atoms with Crippen LogP contribution < -0.4 is 10.1 Å². The normalized spacial score (nSPS) is 20.2. The minimum Gasteiger partial charge on any atom is -0.504 e. The Labute approximate surface area is 184 Å². The number of ether oxygens (including phenoxy) is 1. The predicted molar refractivity (Wildman–Crippen MR) is 117 cm³/mol. The largest absolute Gasteiger partial charge is 0.504 e. The van der Waals surface area contributed by atoms with Gasteiger partial charge in [-0.25, -0.2) is 0 Å². The summed E-state index contributed by atoms with van der Waals surface area (Å²) >= 11 is 6.10. The Morgan fingerprint density at radius 2 is 1.90 bits per heavy atom. The monoisotopic (exact) mass is 436 g/mol. The van der Waals surface area contributed by atoms with E-state index in [2.05, 4.69) is 10.5 Å². The van der Waals surface area contributed by atoms with E-state index in [1.54, 1.807) is 12.1 Å². The summed E-state index contributed by atoms with van der Waals surface area (Å²) in [5.74, 6) is 0.842. The van der Waals surface area contributed by atoms with Gasteiger partial charge >= 0.3 is 0 Å². The molecule has 0 unspecified atom stereocenters. The Balaban J connectivity index is 1.59. The smallest absolute Gasteiger partial charge is 0.233 e. The second kappa shape index (κ2) is 7.46. The number of hydrogen-bond acceptors (Lipinski definition) is 6. The number of nitrogens with zero attached hydrogens (tertiary/aromatic N) is 1. The van der Waals surface area contributed by atoms with Crippen molar-refractivity contribution in [2.45, 2.75) is 31.6 Å². The maximum Gasteiger partial charge on any atom is 0.233 e. The van der Waals surface area contributed by atoms with E-state index in [1.165, 1.54) is 7.11 Å². The van der Waals surface area contributed by atoms with Crippen LogP contribution in [-0.4, -0.2) is 23.2 Å². The molecule has 158 valence electrons. The third-order valence-corrected chi connectivity index (χ3v) is 6.39. The number of aromatic hydroxyl groups is 1. The summed E-state index contributed by atoms with van der Waals surface area (Å²) in [6.45, 7) is 1.89. The van der Waals surface area contributed by atoms with Crippen LogP contribution in [0.15, 0.2) is 58.3 Å². The first-order valence-corrected chi connectivity index (χ1v) is 10.5. The number of phenolic OH excluding ortho intramolecular Hbond substituents is 1. The standard InChI is InChI=1S/C24H21ClN2O4/c1-12-21-22(13-3-6-16(25)7-4-13)23-17(26-24(21)31-27-12)9-15(10-19(23)29)14-5-8-18(28)20(11-14)30-2/h3-8,11,15,22,26,28H,9-10H2,1-2H3/t15-,22+/m0/s1. The maximum absolute atomic E-state index is 13.5. The molecular formula is C24H21ClN2O4. The molecule has 0 spiro atoms. The van der Waals surface area contributed by atoms with Gasteiger partial charge < -0.3 is 19.7 Å². The number of nitrogens with one attached hydrogen (secondary N) is 1. The van der Waals surface area contributed by atoms with Gasteiger partial charge in [-0.1, -0.05) is 35.0 Å².